The number of nitrogens with zero attached hydrogens (tertiary/aromatic N) is 3. The van der Waals surface area contributed by atoms with E-state index in [2.05, 4.69) is 0 Å². The first-order valence-electron chi connectivity index (χ1n) is 14.6. The number of carbonyl (C=O) groups excluding carboxylic acids is 2. The lowest BCUT2D eigenvalue weighted by Crippen LogP contribution is -2.29. The Bertz CT molecular complexity index is 1770. The SMILES string of the molecule is CCOC(=O)N(C)c1c2c(c(OC(c3ccccc3)c3ccccc3)c3ncccc13)C(=O)N(Cc1ccc(F)cc1)C2C. The van der Waals surface area contributed by atoms with E-state index in [9.17, 15) is 14.0 Å². The largest absolute Gasteiger partial charge is 0.478 e. The number of hydrogen-bond donors (Lipinski definition) is 0. The Kier molecular flexibility index (Phi) is 7.98. The first kappa shape index (κ1) is 28.9. The van der Waals surface area contributed by atoms with Gasteiger partial charge in [0.15, 0.2) is 5.75 Å². The first-order chi connectivity index (χ1) is 21.4. The zero-order valence-corrected chi connectivity index (χ0v) is 24.7. The van der Waals surface area contributed by atoms with E-state index in [0.717, 1.165) is 16.7 Å². The lowest BCUT2D eigenvalue weighted by molar-refractivity contribution is 0.0719. The van der Waals surface area contributed by atoms with E-state index in [1.165, 1.54) is 17.0 Å². The highest BCUT2D eigenvalue weighted by Crippen LogP contribution is 2.50. The van der Waals surface area contributed by atoms with Gasteiger partial charge in [-0.2, -0.15) is 0 Å². The molecule has 2 heterocycles. The van der Waals surface area contributed by atoms with E-state index in [0.29, 0.717) is 33.5 Å². The standard InChI is InChI=1S/C36H32FN3O4/c1-4-43-36(42)39(3)32-28-16-11-21-38-31(28)34(44-33(25-12-7-5-8-13-25)26-14-9-6-10-15-26)30-29(32)23(2)40(35(30)41)22-24-17-19-27(37)20-18-24/h5-21,23,33H,4,22H2,1-3H3. The number of halogens is 1. The van der Waals surface area contributed by atoms with Crippen molar-refractivity contribution >= 4 is 28.6 Å². The Morgan fingerprint density at radius 2 is 1.59 bits per heavy atom. The summed E-state index contributed by atoms with van der Waals surface area (Å²) in [5, 5.41) is 0.653. The number of rotatable bonds is 8. The van der Waals surface area contributed by atoms with E-state index < -0.39 is 18.2 Å². The summed E-state index contributed by atoms with van der Waals surface area (Å²) in [6, 6.07) is 28.9. The van der Waals surface area contributed by atoms with Crippen LogP contribution in [0.25, 0.3) is 10.9 Å². The van der Waals surface area contributed by atoms with Crippen LogP contribution < -0.4 is 9.64 Å². The van der Waals surface area contributed by atoms with Gasteiger partial charge in [0.1, 0.15) is 17.4 Å². The van der Waals surface area contributed by atoms with Crippen LogP contribution in [0.15, 0.2) is 103 Å². The van der Waals surface area contributed by atoms with Gasteiger partial charge in [0, 0.05) is 30.7 Å². The van der Waals surface area contributed by atoms with Crippen LogP contribution in [0.1, 0.15) is 58.6 Å². The van der Waals surface area contributed by atoms with Gasteiger partial charge in [-0.15, -0.1) is 0 Å². The summed E-state index contributed by atoms with van der Waals surface area (Å²) >= 11 is 0. The van der Waals surface area contributed by atoms with Crippen molar-refractivity contribution in [3.8, 4) is 5.75 Å². The van der Waals surface area contributed by atoms with Gasteiger partial charge >= 0.3 is 6.09 Å². The van der Waals surface area contributed by atoms with Gasteiger partial charge in [-0.05, 0) is 54.8 Å². The Morgan fingerprint density at radius 1 is 0.955 bits per heavy atom. The second-order valence-corrected chi connectivity index (χ2v) is 10.7. The Balaban J connectivity index is 1.58. The molecule has 1 unspecified atom stereocenters. The van der Waals surface area contributed by atoms with Crippen LogP contribution in [0.4, 0.5) is 14.9 Å². The molecule has 8 heteroatoms. The van der Waals surface area contributed by atoms with Gasteiger partial charge in [0.05, 0.1) is 23.9 Å². The monoisotopic (exact) mass is 589 g/mol. The number of amides is 2. The quantitative estimate of drug-likeness (QED) is 0.184. The van der Waals surface area contributed by atoms with Crippen molar-refractivity contribution in [1.82, 2.24) is 9.88 Å². The molecule has 6 rings (SSSR count). The van der Waals surface area contributed by atoms with Gasteiger partial charge in [-0.3, -0.25) is 14.7 Å². The van der Waals surface area contributed by atoms with Crippen molar-refractivity contribution in [3.05, 3.63) is 137 Å². The maximum absolute atomic E-state index is 14.5. The van der Waals surface area contributed by atoms with Gasteiger partial charge in [0.2, 0.25) is 0 Å². The average Bonchev–Trinajstić information content (AvgIpc) is 3.29. The number of aromatic nitrogens is 1. The minimum absolute atomic E-state index is 0.198. The first-order valence-corrected chi connectivity index (χ1v) is 14.6. The molecule has 0 bridgehead atoms. The minimum Gasteiger partial charge on any atom is -0.478 e. The molecule has 0 N–H and O–H groups in total. The minimum atomic E-state index is -0.547. The third-order valence-corrected chi connectivity index (χ3v) is 7.97. The Morgan fingerprint density at radius 3 is 2.20 bits per heavy atom. The fourth-order valence-electron chi connectivity index (χ4n) is 5.86. The Hall–Kier alpha value is -5.24. The summed E-state index contributed by atoms with van der Waals surface area (Å²) in [5.41, 5.74) is 4.57. The molecule has 1 aliphatic heterocycles. The lowest BCUT2D eigenvalue weighted by Gasteiger charge is -2.27. The highest BCUT2D eigenvalue weighted by atomic mass is 19.1. The number of ether oxygens (including phenoxy) is 2. The van der Waals surface area contributed by atoms with E-state index in [-0.39, 0.29) is 24.9 Å². The van der Waals surface area contributed by atoms with Crippen LogP contribution in [0, 0.1) is 5.82 Å². The van der Waals surface area contributed by atoms with Crippen LogP contribution in [-0.4, -0.2) is 35.5 Å². The molecular formula is C36H32FN3O4. The molecule has 1 aliphatic rings. The van der Waals surface area contributed by atoms with Crippen LogP contribution >= 0.6 is 0 Å². The molecule has 44 heavy (non-hydrogen) atoms. The van der Waals surface area contributed by atoms with Crippen molar-refractivity contribution in [2.45, 2.75) is 32.5 Å². The predicted octanol–water partition coefficient (Wildman–Crippen LogP) is 7.85. The van der Waals surface area contributed by atoms with Crippen LogP contribution in [0.3, 0.4) is 0 Å². The van der Waals surface area contributed by atoms with Gasteiger partial charge in [-0.25, -0.2) is 9.18 Å². The molecule has 2 amide bonds. The fraction of sp³-hybridized carbons (Fsp3) is 0.194. The number of hydrogen-bond acceptors (Lipinski definition) is 5. The highest BCUT2D eigenvalue weighted by Gasteiger charge is 2.42. The summed E-state index contributed by atoms with van der Waals surface area (Å²) in [7, 11) is 1.64. The van der Waals surface area contributed by atoms with Crippen molar-refractivity contribution in [2.24, 2.45) is 0 Å². The summed E-state index contributed by atoms with van der Waals surface area (Å²) in [5.74, 6) is -0.275. The number of carbonyl (C=O) groups is 2. The molecule has 5 aromatic rings. The number of pyridine rings is 1. The molecule has 4 aromatic carbocycles. The zero-order chi connectivity index (χ0) is 30.8. The summed E-state index contributed by atoms with van der Waals surface area (Å²) in [6.07, 6.45) is 0.556. The molecule has 7 nitrogen and oxygen atoms in total. The van der Waals surface area contributed by atoms with Crippen LogP contribution in [0.5, 0.6) is 5.75 Å². The molecule has 0 fully saturated rings. The smallest absolute Gasteiger partial charge is 0.414 e. The van der Waals surface area contributed by atoms with Gasteiger partial charge in [-0.1, -0.05) is 72.8 Å². The average molecular weight is 590 g/mol. The third-order valence-electron chi connectivity index (χ3n) is 7.97. The second kappa shape index (κ2) is 12.2. The molecule has 1 aromatic heterocycles. The van der Waals surface area contributed by atoms with E-state index >= 15 is 0 Å². The molecule has 0 spiro atoms. The van der Waals surface area contributed by atoms with E-state index in [1.807, 2.05) is 73.7 Å². The molecule has 0 saturated heterocycles. The number of anilines is 1. The summed E-state index contributed by atoms with van der Waals surface area (Å²) in [4.78, 5) is 35.5. The fourth-order valence-corrected chi connectivity index (χ4v) is 5.86. The molecule has 222 valence electrons. The van der Waals surface area contributed by atoms with Gasteiger partial charge in [0.25, 0.3) is 5.91 Å². The summed E-state index contributed by atoms with van der Waals surface area (Å²) < 4.78 is 26.0. The maximum atomic E-state index is 14.5. The molecule has 0 aliphatic carbocycles. The lowest BCUT2D eigenvalue weighted by atomic mass is 9.96. The second-order valence-electron chi connectivity index (χ2n) is 10.7. The van der Waals surface area contributed by atoms with Gasteiger partial charge < -0.3 is 14.4 Å². The maximum Gasteiger partial charge on any atom is 0.414 e. The zero-order valence-electron chi connectivity index (χ0n) is 24.7. The summed E-state index contributed by atoms with van der Waals surface area (Å²) in [6.45, 7) is 4.11. The van der Waals surface area contributed by atoms with Crippen molar-refractivity contribution in [3.63, 3.8) is 0 Å². The number of fused-ring (bicyclic) bond motifs is 2. The van der Waals surface area contributed by atoms with Crippen LogP contribution in [0.2, 0.25) is 0 Å². The third kappa shape index (κ3) is 5.24. The molecule has 1 atom stereocenters. The molecular weight excluding hydrogens is 557 g/mol. The number of benzene rings is 4. The van der Waals surface area contributed by atoms with E-state index in [1.54, 1.807) is 43.3 Å². The Labute approximate surface area is 255 Å². The van der Waals surface area contributed by atoms with E-state index in [4.69, 9.17) is 14.5 Å². The van der Waals surface area contributed by atoms with Crippen molar-refractivity contribution < 1.29 is 23.5 Å². The molecule has 0 radical (unpaired) electrons. The normalized spacial score (nSPS) is 14.2. The predicted molar refractivity (Wildman–Crippen MR) is 167 cm³/mol. The highest BCUT2D eigenvalue weighted by molar-refractivity contribution is 6.14. The van der Waals surface area contributed by atoms with Crippen LogP contribution in [-0.2, 0) is 11.3 Å². The van der Waals surface area contributed by atoms with Crippen molar-refractivity contribution in [2.75, 3.05) is 18.6 Å². The molecule has 0 saturated carbocycles. The topological polar surface area (TPSA) is 72.0 Å². The van der Waals surface area contributed by atoms with Crippen molar-refractivity contribution in [1.29, 1.82) is 0 Å².